The number of aromatic amines is 1. The highest BCUT2D eigenvalue weighted by Crippen LogP contribution is 2.50. The molecule has 0 spiro atoms. The van der Waals surface area contributed by atoms with Gasteiger partial charge in [0.05, 0.1) is 32.1 Å². The quantitative estimate of drug-likeness (QED) is 0.423. The van der Waals surface area contributed by atoms with Gasteiger partial charge in [-0.15, -0.1) is 0 Å². The lowest BCUT2D eigenvalue weighted by atomic mass is 9.76. The first-order valence-corrected chi connectivity index (χ1v) is 13.4. The molecule has 5 rings (SSSR count). The number of carbonyl (C=O) groups excluding carboxylic acids is 2. The summed E-state index contributed by atoms with van der Waals surface area (Å²) >= 11 is 0. The summed E-state index contributed by atoms with van der Waals surface area (Å²) in [6.07, 6.45) is 0.806. The van der Waals surface area contributed by atoms with Gasteiger partial charge in [0.2, 0.25) is 5.91 Å². The highest BCUT2D eigenvalue weighted by Gasteiger charge is 2.56. The normalized spacial score (nSPS) is 21.2. The van der Waals surface area contributed by atoms with Crippen molar-refractivity contribution in [3.8, 4) is 11.5 Å². The highest BCUT2D eigenvalue weighted by atomic mass is 16.5. The largest absolute Gasteiger partial charge is 0.493 e. The van der Waals surface area contributed by atoms with Crippen molar-refractivity contribution in [3.05, 3.63) is 59.3 Å². The Hall–Kier alpha value is -3.52. The standard InChI is InChI=1S/C30H37N3O5/c1-6-37-27-20(12-9-14-24(27)36-5)22-17-33-25(34)18-32(15-10-16-38-19(2)3)29(35)30(33,4)28-26(22)21-11-7-8-13-23(21)31-28/h7-9,11-14,19,22,31H,6,10,15-18H2,1-5H3/t22?,30-/m0/s1. The van der Waals surface area contributed by atoms with Crippen LogP contribution in [0.3, 0.4) is 0 Å². The fraction of sp³-hybridized carbons (Fsp3) is 0.467. The van der Waals surface area contributed by atoms with Crippen molar-refractivity contribution in [1.29, 1.82) is 0 Å². The number of benzene rings is 2. The summed E-state index contributed by atoms with van der Waals surface area (Å²) in [4.78, 5) is 34.8. The molecule has 1 unspecified atom stereocenters. The number of para-hydroxylation sites is 2. The van der Waals surface area contributed by atoms with Gasteiger partial charge in [-0.25, -0.2) is 0 Å². The molecule has 1 fully saturated rings. The number of piperazine rings is 1. The van der Waals surface area contributed by atoms with Gasteiger partial charge >= 0.3 is 0 Å². The van der Waals surface area contributed by atoms with Crippen LogP contribution in [0.4, 0.5) is 0 Å². The van der Waals surface area contributed by atoms with Gasteiger partial charge in [0.15, 0.2) is 17.0 Å². The number of H-pyrrole nitrogens is 1. The maximum Gasteiger partial charge on any atom is 0.254 e. The molecular formula is C30H37N3O5. The third-order valence-corrected chi connectivity index (χ3v) is 7.73. The molecule has 0 aliphatic carbocycles. The number of ether oxygens (including phenoxy) is 3. The van der Waals surface area contributed by atoms with Crippen molar-refractivity contribution >= 4 is 22.7 Å². The SMILES string of the molecule is CCOc1c(OC)cccc1C1CN2C(=O)CN(CCCOC(C)C)C(=O)[C@]2(C)c2[nH]c3ccccc3c21. The van der Waals surface area contributed by atoms with Crippen LogP contribution in [-0.4, -0.2) is 72.7 Å². The van der Waals surface area contributed by atoms with E-state index in [9.17, 15) is 9.59 Å². The lowest BCUT2D eigenvalue weighted by molar-refractivity contribution is -0.166. The van der Waals surface area contributed by atoms with Crippen molar-refractivity contribution in [2.75, 3.05) is 40.0 Å². The van der Waals surface area contributed by atoms with Gasteiger partial charge in [-0.2, -0.15) is 0 Å². The molecule has 8 heteroatoms. The number of nitrogens with one attached hydrogen (secondary N) is 1. The first-order chi connectivity index (χ1) is 18.3. The molecule has 2 aliphatic heterocycles. The number of amides is 2. The third-order valence-electron chi connectivity index (χ3n) is 7.73. The van der Waals surface area contributed by atoms with E-state index in [1.165, 1.54) is 0 Å². The molecule has 0 saturated carbocycles. The van der Waals surface area contributed by atoms with Crippen LogP contribution in [0.1, 0.15) is 56.9 Å². The monoisotopic (exact) mass is 519 g/mol. The average molecular weight is 520 g/mol. The number of rotatable bonds is 9. The second-order valence-electron chi connectivity index (χ2n) is 10.4. The fourth-order valence-corrected chi connectivity index (χ4v) is 5.98. The lowest BCUT2D eigenvalue weighted by Crippen LogP contribution is -2.67. The second-order valence-corrected chi connectivity index (χ2v) is 10.4. The van der Waals surface area contributed by atoms with Gasteiger partial charge in [0.1, 0.15) is 0 Å². The van der Waals surface area contributed by atoms with Crippen LogP contribution in [-0.2, 0) is 19.9 Å². The Morgan fingerprint density at radius 1 is 1.13 bits per heavy atom. The molecule has 202 valence electrons. The van der Waals surface area contributed by atoms with Gasteiger partial charge in [0, 0.05) is 42.1 Å². The number of hydrogen-bond donors (Lipinski definition) is 1. The molecule has 8 nitrogen and oxygen atoms in total. The summed E-state index contributed by atoms with van der Waals surface area (Å²) in [6, 6.07) is 13.9. The number of nitrogens with zero attached hydrogens (tertiary/aromatic N) is 2. The number of carbonyl (C=O) groups is 2. The van der Waals surface area contributed by atoms with Crippen LogP contribution in [0.5, 0.6) is 11.5 Å². The number of hydrogen-bond acceptors (Lipinski definition) is 5. The molecule has 2 atom stereocenters. The van der Waals surface area contributed by atoms with Crippen molar-refractivity contribution in [2.45, 2.75) is 51.7 Å². The summed E-state index contributed by atoms with van der Waals surface area (Å²) in [6.45, 7) is 9.74. The first kappa shape index (κ1) is 26.1. The van der Waals surface area contributed by atoms with E-state index < -0.39 is 5.54 Å². The first-order valence-electron chi connectivity index (χ1n) is 13.4. The van der Waals surface area contributed by atoms with Crippen molar-refractivity contribution in [1.82, 2.24) is 14.8 Å². The van der Waals surface area contributed by atoms with Crippen LogP contribution in [0.25, 0.3) is 10.9 Å². The summed E-state index contributed by atoms with van der Waals surface area (Å²) in [5.41, 5.74) is 2.53. The second kappa shape index (κ2) is 10.3. The fourth-order valence-electron chi connectivity index (χ4n) is 5.98. The lowest BCUT2D eigenvalue weighted by Gasteiger charge is -2.51. The summed E-state index contributed by atoms with van der Waals surface area (Å²) < 4.78 is 17.4. The molecule has 1 aromatic heterocycles. The average Bonchev–Trinajstić information content (AvgIpc) is 3.30. The Kier molecular flexibility index (Phi) is 7.09. The van der Waals surface area contributed by atoms with E-state index in [0.29, 0.717) is 44.2 Å². The van der Waals surface area contributed by atoms with Crippen LogP contribution in [0, 0.1) is 0 Å². The summed E-state index contributed by atoms with van der Waals surface area (Å²) in [5.74, 6) is 0.990. The van der Waals surface area contributed by atoms with E-state index in [2.05, 4.69) is 11.1 Å². The summed E-state index contributed by atoms with van der Waals surface area (Å²) in [5, 5.41) is 1.04. The van der Waals surface area contributed by atoms with E-state index in [4.69, 9.17) is 14.2 Å². The minimum Gasteiger partial charge on any atom is -0.493 e. The Labute approximate surface area is 223 Å². The van der Waals surface area contributed by atoms with E-state index in [0.717, 1.165) is 27.7 Å². The molecular weight excluding hydrogens is 482 g/mol. The zero-order valence-electron chi connectivity index (χ0n) is 22.9. The Morgan fingerprint density at radius 3 is 2.66 bits per heavy atom. The van der Waals surface area contributed by atoms with Crippen molar-refractivity contribution in [3.63, 3.8) is 0 Å². The smallest absolute Gasteiger partial charge is 0.254 e. The van der Waals surface area contributed by atoms with Crippen LogP contribution >= 0.6 is 0 Å². The van der Waals surface area contributed by atoms with E-state index in [1.54, 1.807) is 16.9 Å². The van der Waals surface area contributed by atoms with E-state index >= 15 is 0 Å². The topological polar surface area (TPSA) is 84.1 Å². The number of methoxy groups -OCH3 is 1. The molecule has 38 heavy (non-hydrogen) atoms. The molecule has 0 bridgehead atoms. The van der Waals surface area contributed by atoms with Crippen LogP contribution < -0.4 is 9.47 Å². The van der Waals surface area contributed by atoms with Gasteiger partial charge in [0.25, 0.3) is 5.91 Å². The minimum atomic E-state index is -1.14. The van der Waals surface area contributed by atoms with E-state index in [-0.39, 0.29) is 30.4 Å². The molecule has 2 aromatic carbocycles. The molecule has 1 saturated heterocycles. The van der Waals surface area contributed by atoms with Crippen LogP contribution in [0.15, 0.2) is 42.5 Å². The van der Waals surface area contributed by atoms with Gasteiger partial charge < -0.3 is 29.0 Å². The van der Waals surface area contributed by atoms with Crippen LogP contribution in [0.2, 0.25) is 0 Å². The molecule has 0 radical (unpaired) electrons. The minimum absolute atomic E-state index is 0.0629. The predicted molar refractivity (Wildman–Crippen MR) is 146 cm³/mol. The molecule has 1 N–H and O–H groups in total. The number of aromatic nitrogens is 1. The Balaban J connectivity index is 1.63. The van der Waals surface area contributed by atoms with Crippen molar-refractivity contribution in [2.24, 2.45) is 0 Å². The Morgan fingerprint density at radius 2 is 1.92 bits per heavy atom. The molecule has 3 aromatic rings. The van der Waals surface area contributed by atoms with Gasteiger partial charge in [-0.05, 0) is 51.8 Å². The van der Waals surface area contributed by atoms with Gasteiger partial charge in [-0.1, -0.05) is 30.3 Å². The van der Waals surface area contributed by atoms with Gasteiger partial charge in [-0.3, -0.25) is 9.59 Å². The highest BCUT2D eigenvalue weighted by molar-refractivity contribution is 6.01. The number of fused-ring (bicyclic) bond motifs is 5. The maximum atomic E-state index is 14.1. The van der Waals surface area contributed by atoms with Crippen molar-refractivity contribution < 1.29 is 23.8 Å². The summed E-state index contributed by atoms with van der Waals surface area (Å²) in [7, 11) is 1.63. The van der Waals surface area contributed by atoms with E-state index in [1.807, 2.05) is 64.1 Å². The predicted octanol–water partition coefficient (Wildman–Crippen LogP) is 4.42. The molecule has 3 heterocycles. The zero-order valence-corrected chi connectivity index (χ0v) is 22.9. The third kappa shape index (κ3) is 4.21. The molecule has 2 amide bonds. The Bertz CT molecular complexity index is 1350. The molecule has 2 aliphatic rings. The zero-order chi connectivity index (χ0) is 27.0. The maximum absolute atomic E-state index is 14.1.